The predicted octanol–water partition coefficient (Wildman–Crippen LogP) is 4.39. The van der Waals surface area contributed by atoms with Gasteiger partial charge >= 0.3 is 0 Å². The molecule has 3 aromatic rings. The summed E-state index contributed by atoms with van der Waals surface area (Å²) in [6.45, 7) is 1.92. The first-order valence-corrected chi connectivity index (χ1v) is 9.80. The van der Waals surface area contributed by atoms with Crippen LogP contribution in [0.15, 0.2) is 55.0 Å². The molecule has 1 N–H and O–H groups in total. The Hall–Kier alpha value is -3.15. The van der Waals surface area contributed by atoms with Crippen molar-refractivity contribution in [1.82, 2.24) is 14.9 Å². The molecule has 0 unspecified atom stereocenters. The summed E-state index contributed by atoms with van der Waals surface area (Å²) in [7, 11) is 1.59. The fourth-order valence-corrected chi connectivity index (χ4v) is 4.08. The quantitative estimate of drug-likeness (QED) is 0.699. The minimum absolute atomic E-state index is 0.0370. The number of hydrogen-bond acceptors (Lipinski definition) is 3. The number of carbonyl (C=O) groups is 1. The highest BCUT2D eigenvalue weighted by atomic mass is 19.1. The van der Waals surface area contributed by atoms with Crippen LogP contribution in [0.3, 0.4) is 0 Å². The van der Waals surface area contributed by atoms with Crippen LogP contribution in [0.25, 0.3) is 5.69 Å². The summed E-state index contributed by atoms with van der Waals surface area (Å²) in [5, 5.41) is 3.17. The molecule has 0 spiro atoms. The van der Waals surface area contributed by atoms with Gasteiger partial charge in [0.1, 0.15) is 11.6 Å². The number of methoxy groups -OCH3 is 1. The molecule has 1 heterocycles. The molecule has 0 bridgehead atoms. The topological polar surface area (TPSA) is 56.1 Å². The molecule has 1 aromatic heterocycles. The lowest BCUT2D eigenvalue weighted by molar-refractivity contribution is 0.0934. The first kappa shape index (κ1) is 19.2. The van der Waals surface area contributed by atoms with E-state index in [1.165, 1.54) is 12.1 Å². The number of hydrogen-bond donors (Lipinski definition) is 1. The second kappa shape index (κ2) is 8.07. The van der Waals surface area contributed by atoms with E-state index in [1.54, 1.807) is 25.6 Å². The molecular weight excluding hydrogens is 369 g/mol. The van der Waals surface area contributed by atoms with Crippen molar-refractivity contribution < 1.29 is 13.9 Å². The molecule has 1 fully saturated rings. The Bertz CT molecular complexity index is 1010. The Kier molecular flexibility index (Phi) is 5.34. The number of amides is 1. The summed E-state index contributed by atoms with van der Waals surface area (Å²) >= 11 is 0. The maximum atomic E-state index is 13.2. The average Bonchev–Trinajstić information content (AvgIpc) is 3.37. The van der Waals surface area contributed by atoms with E-state index >= 15 is 0 Å². The molecule has 6 heteroatoms. The highest BCUT2D eigenvalue weighted by Crippen LogP contribution is 2.35. The van der Waals surface area contributed by atoms with Crippen LogP contribution in [0, 0.1) is 12.7 Å². The SMILES string of the molecule is COc1cc(C(=O)N[C@@H]2CCC[C@@H]2c2ccc(F)cc2)ccc1-n1cnc(C)c1. The molecule has 29 heavy (non-hydrogen) atoms. The van der Waals surface area contributed by atoms with E-state index in [0.29, 0.717) is 11.3 Å². The van der Waals surface area contributed by atoms with Crippen LogP contribution >= 0.6 is 0 Å². The van der Waals surface area contributed by atoms with E-state index in [-0.39, 0.29) is 23.7 Å². The van der Waals surface area contributed by atoms with Crippen molar-refractivity contribution in [1.29, 1.82) is 0 Å². The molecule has 0 radical (unpaired) electrons. The van der Waals surface area contributed by atoms with Gasteiger partial charge in [-0.3, -0.25) is 4.79 Å². The lowest BCUT2D eigenvalue weighted by Gasteiger charge is -2.22. The van der Waals surface area contributed by atoms with Gasteiger partial charge in [-0.2, -0.15) is 0 Å². The van der Waals surface area contributed by atoms with Crippen molar-refractivity contribution in [2.24, 2.45) is 0 Å². The number of benzene rings is 2. The molecule has 2 atom stereocenters. The van der Waals surface area contributed by atoms with Crippen LogP contribution in [0.5, 0.6) is 5.75 Å². The van der Waals surface area contributed by atoms with Crippen LogP contribution in [0.1, 0.15) is 46.8 Å². The smallest absolute Gasteiger partial charge is 0.251 e. The van der Waals surface area contributed by atoms with Gasteiger partial charge in [-0.05, 0) is 55.7 Å². The Morgan fingerprint density at radius 1 is 1.21 bits per heavy atom. The Labute approximate surface area is 169 Å². The summed E-state index contributed by atoms with van der Waals surface area (Å²) in [5.41, 5.74) is 3.35. The average molecular weight is 393 g/mol. The summed E-state index contributed by atoms with van der Waals surface area (Å²) in [6.07, 6.45) is 6.56. The molecule has 1 amide bonds. The van der Waals surface area contributed by atoms with Gasteiger partial charge in [0.05, 0.1) is 24.8 Å². The zero-order chi connectivity index (χ0) is 20.4. The van der Waals surface area contributed by atoms with Gasteiger partial charge in [0.15, 0.2) is 0 Å². The molecule has 1 aliphatic rings. The van der Waals surface area contributed by atoms with Gasteiger partial charge in [-0.15, -0.1) is 0 Å². The fraction of sp³-hybridized carbons (Fsp3) is 0.304. The summed E-state index contributed by atoms with van der Waals surface area (Å²) in [6, 6.07) is 12.0. The maximum absolute atomic E-state index is 13.2. The van der Waals surface area contributed by atoms with E-state index in [2.05, 4.69) is 10.3 Å². The lowest BCUT2D eigenvalue weighted by atomic mass is 9.94. The van der Waals surface area contributed by atoms with Crippen LogP contribution in [0.2, 0.25) is 0 Å². The van der Waals surface area contributed by atoms with Crippen molar-refractivity contribution in [3.63, 3.8) is 0 Å². The third-order valence-electron chi connectivity index (χ3n) is 5.56. The van der Waals surface area contributed by atoms with Crippen LogP contribution < -0.4 is 10.1 Å². The Balaban J connectivity index is 1.52. The molecular formula is C23H24FN3O2. The number of aromatic nitrogens is 2. The fourth-order valence-electron chi connectivity index (χ4n) is 4.08. The van der Waals surface area contributed by atoms with E-state index in [0.717, 1.165) is 36.2 Å². The second-order valence-corrected chi connectivity index (χ2v) is 7.48. The second-order valence-electron chi connectivity index (χ2n) is 7.48. The number of halogens is 1. The molecule has 1 aliphatic carbocycles. The van der Waals surface area contributed by atoms with Crippen molar-refractivity contribution in [2.75, 3.05) is 7.11 Å². The van der Waals surface area contributed by atoms with Crippen molar-refractivity contribution in [3.05, 3.63) is 77.6 Å². The standard InChI is InChI=1S/C23H24FN3O2/c1-15-13-27(14-25-15)21-11-8-17(12-22(21)29-2)23(28)26-20-5-3-4-19(20)16-6-9-18(24)10-7-16/h6-14,19-20H,3-5H2,1-2H3,(H,26,28)/t19-,20-/m1/s1. The van der Waals surface area contributed by atoms with Gasteiger partial charge in [-0.25, -0.2) is 9.37 Å². The van der Waals surface area contributed by atoms with Crippen LogP contribution in [-0.4, -0.2) is 28.6 Å². The minimum atomic E-state index is -0.243. The first-order valence-electron chi connectivity index (χ1n) is 9.80. The Morgan fingerprint density at radius 3 is 2.69 bits per heavy atom. The van der Waals surface area contributed by atoms with E-state index in [1.807, 2.05) is 35.9 Å². The van der Waals surface area contributed by atoms with E-state index in [9.17, 15) is 9.18 Å². The van der Waals surface area contributed by atoms with Crippen molar-refractivity contribution >= 4 is 5.91 Å². The minimum Gasteiger partial charge on any atom is -0.495 e. The normalized spacial score (nSPS) is 18.6. The Morgan fingerprint density at radius 2 is 2.00 bits per heavy atom. The van der Waals surface area contributed by atoms with E-state index < -0.39 is 0 Å². The monoisotopic (exact) mass is 393 g/mol. The van der Waals surface area contributed by atoms with Crippen molar-refractivity contribution in [2.45, 2.75) is 38.1 Å². The first-order chi connectivity index (χ1) is 14.0. The number of nitrogens with one attached hydrogen (secondary N) is 1. The van der Waals surface area contributed by atoms with Gasteiger partial charge in [-0.1, -0.05) is 18.6 Å². The number of nitrogens with zero attached hydrogens (tertiary/aromatic N) is 2. The molecule has 4 rings (SSSR count). The maximum Gasteiger partial charge on any atom is 0.251 e. The third-order valence-corrected chi connectivity index (χ3v) is 5.56. The summed E-state index contributed by atoms with van der Waals surface area (Å²) in [4.78, 5) is 17.1. The van der Waals surface area contributed by atoms with Gasteiger partial charge < -0.3 is 14.6 Å². The third kappa shape index (κ3) is 4.01. The zero-order valence-corrected chi connectivity index (χ0v) is 16.6. The highest BCUT2D eigenvalue weighted by Gasteiger charge is 2.30. The molecule has 0 aliphatic heterocycles. The molecule has 1 saturated carbocycles. The number of carbonyl (C=O) groups excluding carboxylic acids is 1. The molecule has 2 aromatic carbocycles. The zero-order valence-electron chi connectivity index (χ0n) is 16.6. The van der Waals surface area contributed by atoms with Crippen LogP contribution in [-0.2, 0) is 0 Å². The number of rotatable bonds is 5. The number of imidazole rings is 1. The number of aryl methyl sites for hydroxylation is 1. The van der Waals surface area contributed by atoms with Gasteiger partial charge in [0, 0.05) is 23.7 Å². The van der Waals surface area contributed by atoms with E-state index in [4.69, 9.17) is 4.74 Å². The lowest BCUT2D eigenvalue weighted by Crippen LogP contribution is -2.36. The largest absolute Gasteiger partial charge is 0.495 e. The van der Waals surface area contributed by atoms with Crippen LogP contribution in [0.4, 0.5) is 4.39 Å². The molecule has 5 nitrogen and oxygen atoms in total. The van der Waals surface area contributed by atoms with Gasteiger partial charge in [0.2, 0.25) is 0 Å². The van der Waals surface area contributed by atoms with Crippen molar-refractivity contribution in [3.8, 4) is 11.4 Å². The molecule has 0 saturated heterocycles. The summed E-state index contributed by atoms with van der Waals surface area (Å²) < 4.78 is 20.6. The molecule has 150 valence electrons. The highest BCUT2D eigenvalue weighted by molar-refractivity contribution is 5.95. The predicted molar refractivity (Wildman–Crippen MR) is 109 cm³/mol. The number of ether oxygens (including phenoxy) is 1. The van der Waals surface area contributed by atoms with Gasteiger partial charge in [0.25, 0.3) is 5.91 Å². The summed E-state index contributed by atoms with van der Waals surface area (Å²) in [5.74, 6) is 0.439.